The van der Waals surface area contributed by atoms with Gasteiger partial charge in [-0.05, 0) is 32.0 Å². The topological polar surface area (TPSA) is 129 Å². The lowest BCUT2D eigenvalue weighted by Crippen LogP contribution is -2.30. The third-order valence-electron chi connectivity index (χ3n) is 3.91. The quantitative estimate of drug-likeness (QED) is 0.580. The van der Waals surface area contributed by atoms with Gasteiger partial charge >= 0.3 is 5.97 Å². The summed E-state index contributed by atoms with van der Waals surface area (Å²) in [5.41, 5.74) is 0.138. The molecule has 2 heterocycles. The number of esters is 1. The molecule has 0 radical (unpaired) electrons. The smallest absolute Gasteiger partial charge is 0.375 e. The van der Waals surface area contributed by atoms with Crippen molar-refractivity contribution in [1.82, 2.24) is 5.16 Å². The van der Waals surface area contributed by atoms with Crippen molar-refractivity contribution in [3.63, 3.8) is 0 Å². The first kappa shape index (κ1) is 20.3. The van der Waals surface area contributed by atoms with Crippen LogP contribution in [0.25, 0.3) is 0 Å². The molecule has 0 aliphatic carbocycles. The van der Waals surface area contributed by atoms with Crippen molar-refractivity contribution in [2.24, 2.45) is 0 Å². The van der Waals surface area contributed by atoms with Crippen molar-refractivity contribution in [2.75, 3.05) is 5.32 Å². The predicted octanol–water partition coefficient (Wildman–Crippen LogP) is 2.73. The fraction of sp³-hybridized carbons (Fsp3) is 0.211. The first-order valence-corrected chi connectivity index (χ1v) is 10.2. The van der Waals surface area contributed by atoms with Gasteiger partial charge in [0, 0.05) is 11.6 Å². The van der Waals surface area contributed by atoms with Crippen LogP contribution in [0.3, 0.4) is 0 Å². The zero-order valence-electron chi connectivity index (χ0n) is 15.6. The number of anilines is 1. The zero-order valence-corrected chi connectivity index (χ0v) is 16.4. The summed E-state index contributed by atoms with van der Waals surface area (Å²) in [6.07, 6.45) is 0.0122. The Bertz CT molecular complexity index is 1120. The van der Waals surface area contributed by atoms with Gasteiger partial charge in [0.05, 0.1) is 16.9 Å². The number of hydrogen-bond acceptors (Lipinski definition) is 8. The van der Waals surface area contributed by atoms with Crippen LogP contribution in [0.4, 0.5) is 5.82 Å². The number of carbonyl (C=O) groups is 2. The van der Waals surface area contributed by atoms with E-state index in [4.69, 9.17) is 13.7 Å². The average Bonchev–Trinajstić information content (AvgIpc) is 3.30. The SMILES string of the molecule is Cc1cc(NC(=O)C(C)OC(=O)c2occc2CS(=O)(=O)c2ccccc2)no1. The highest BCUT2D eigenvalue weighted by atomic mass is 32.2. The number of rotatable bonds is 7. The lowest BCUT2D eigenvalue weighted by Gasteiger charge is -2.12. The molecule has 0 saturated heterocycles. The molecule has 9 nitrogen and oxygen atoms in total. The molecule has 3 rings (SSSR count). The molecule has 29 heavy (non-hydrogen) atoms. The van der Waals surface area contributed by atoms with Gasteiger partial charge in [-0.3, -0.25) is 4.79 Å². The summed E-state index contributed by atoms with van der Waals surface area (Å²) >= 11 is 0. The number of furan rings is 1. The molecule has 0 fully saturated rings. The highest BCUT2D eigenvalue weighted by Gasteiger charge is 2.26. The molecule has 0 bridgehead atoms. The van der Waals surface area contributed by atoms with Gasteiger partial charge in [0.2, 0.25) is 5.76 Å². The molecule has 1 unspecified atom stereocenters. The molecule has 2 aromatic heterocycles. The number of ether oxygens (including phenoxy) is 1. The van der Waals surface area contributed by atoms with Gasteiger partial charge in [-0.2, -0.15) is 0 Å². The molecular formula is C19H18N2O7S. The van der Waals surface area contributed by atoms with Crippen molar-refractivity contribution >= 4 is 27.5 Å². The van der Waals surface area contributed by atoms with E-state index in [1.165, 1.54) is 37.5 Å². The maximum atomic E-state index is 12.5. The van der Waals surface area contributed by atoms with Crippen LogP contribution >= 0.6 is 0 Å². The lowest BCUT2D eigenvalue weighted by molar-refractivity contribution is -0.123. The van der Waals surface area contributed by atoms with Crippen molar-refractivity contribution in [1.29, 1.82) is 0 Å². The van der Waals surface area contributed by atoms with Gasteiger partial charge in [0.1, 0.15) is 5.76 Å². The Morgan fingerprint density at radius 1 is 1.21 bits per heavy atom. The zero-order chi connectivity index (χ0) is 21.0. The van der Waals surface area contributed by atoms with Crippen molar-refractivity contribution in [2.45, 2.75) is 30.6 Å². The van der Waals surface area contributed by atoms with Gasteiger partial charge in [-0.15, -0.1) is 0 Å². The summed E-state index contributed by atoms with van der Waals surface area (Å²) in [4.78, 5) is 24.6. The molecule has 1 aromatic carbocycles. The van der Waals surface area contributed by atoms with Crippen molar-refractivity contribution in [3.8, 4) is 0 Å². The summed E-state index contributed by atoms with van der Waals surface area (Å²) < 4.78 is 40.1. The molecule has 1 amide bonds. The van der Waals surface area contributed by atoms with Crippen LogP contribution in [0.1, 0.15) is 28.8 Å². The maximum Gasteiger partial charge on any atom is 0.375 e. The van der Waals surface area contributed by atoms with Crippen LogP contribution in [-0.4, -0.2) is 31.6 Å². The van der Waals surface area contributed by atoms with E-state index in [2.05, 4.69) is 10.5 Å². The van der Waals surface area contributed by atoms with E-state index in [-0.39, 0.29) is 22.0 Å². The summed E-state index contributed by atoms with van der Waals surface area (Å²) in [5, 5.41) is 6.06. The third kappa shape index (κ3) is 4.91. The van der Waals surface area contributed by atoms with Crippen LogP contribution in [0, 0.1) is 6.92 Å². The van der Waals surface area contributed by atoms with E-state index in [1.807, 2.05) is 0 Å². The Hall–Kier alpha value is -3.40. The summed E-state index contributed by atoms with van der Waals surface area (Å²) in [7, 11) is -3.69. The van der Waals surface area contributed by atoms with Crippen LogP contribution in [0.15, 0.2) is 62.6 Å². The number of aryl methyl sites for hydroxylation is 1. The molecular weight excluding hydrogens is 400 g/mol. The highest BCUT2D eigenvalue weighted by Crippen LogP contribution is 2.21. The number of hydrogen-bond donors (Lipinski definition) is 1. The third-order valence-corrected chi connectivity index (χ3v) is 5.59. The summed E-state index contributed by atoms with van der Waals surface area (Å²) in [6, 6.07) is 10.7. The minimum atomic E-state index is -3.69. The lowest BCUT2D eigenvalue weighted by atomic mass is 10.3. The van der Waals surface area contributed by atoms with E-state index in [9.17, 15) is 18.0 Å². The second-order valence-electron chi connectivity index (χ2n) is 6.21. The van der Waals surface area contributed by atoms with Gasteiger partial charge in [0.25, 0.3) is 5.91 Å². The van der Waals surface area contributed by atoms with Crippen LogP contribution in [0.2, 0.25) is 0 Å². The highest BCUT2D eigenvalue weighted by molar-refractivity contribution is 7.90. The first-order valence-electron chi connectivity index (χ1n) is 8.55. The molecule has 152 valence electrons. The average molecular weight is 418 g/mol. The number of sulfone groups is 1. The minimum Gasteiger partial charge on any atom is -0.457 e. The Kier molecular flexibility index (Phi) is 5.83. The van der Waals surface area contributed by atoms with E-state index < -0.39 is 33.6 Å². The number of carbonyl (C=O) groups excluding carboxylic acids is 2. The fourth-order valence-electron chi connectivity index (χ4n) is 2.47. The summed E-state index contributed by atoms with van der Waals surface area (Å²) in [5.74, 6) is -1.62. The van der Waals surface area contributed by atoms with E-state index >= 15 is 0 Å². The normalized spacial score (nSPS) is 12.3. The second-order valence-corrected chi connectivity index (χ2v) is 8.20. The van der Waals surface area contributed by atoms with Gasteiger partial charge in [-0.25, -0.2) is 13.2 Å². The fourth-order valence-corrected chi connectivity index (χ4v) is 3.84. The van der Waals surface area contributed by atoms with Crippen molar-refractivity contribution < 1.29 is 31.7 Å². The molecule has 10 heteroatoms. The minimum absolute atomic E-state index is 0.121. The Labute approximate surface area is 166 Å². The molecule has 1 N–H and O–H groups in total. The number of nitrogens with zero attached hydrogens (tertiary/aromatic N) is 1. The molecule has 3 aromatic rings. The monoisotopic (exact) mass is 418 g/mol. The number of benzene rings is 1. The second kappa shape index (κ2) is 8.31. The molecule has 0 saturated carbocycles. The predicted molar refractivity (Wildman–Crippen MR) is 101 cm³/mol. The van der Waals surface area contributed by atoms with E-state index in [1.54, 1.807) is 25.1 Å². The van der Waals surface area contributed by atoms with Crippen LogP contribution < -0.4 is 5.32 Å². The Morgan fingerprint density at radius 2 is 1.93 bits per heavy atom. The van der Waals surface area contributed by atoms with Gasteiger partial charge in [0.15, 0.2) is 21.8 Å². The number of aromatic nitrogens is 1. The van der Waals surface area contributed by atoms with Gasteiger partial charge < -0.3 is 19.0 Å². The molecule has 0 aliphatic heterocycles. The number of amides is 1. The molecule has 0 spiro atoms. The molecule has 1 atom stereocenters. The van der Waals surface area contributed by atoms with E-state index in [0.717, 1.165) is 0 Å². The van der Waals surface area contributed by atoms with E-state index in [0.29, 0.717) is 5.76 Å². The Morgan fingerprint density at radius 3 is 2.59 bits per heavy atom. The standard InChI is InChI=1S/C19H18N2O7S/c1-12-10-16(21-28-12)20-18(22)13(2)27-19(23)17-14(8-9-26-17)11-29(24,25)15-6-4-3-5-7-15/h3-10,13H,11H2,1-2H3,(H,20,21,22). The Balaban J connectivity index is 1.68. The number of nitrogens with one attached hydrogen (secondary N) is 1. The van der Waals surface area contributed by atoms with Crippen molar-refractivity contribution in [3.05, 3.63) is 65.8 Å². The van der Waals surface area contributed by atoms with Crippen LogP contribution in [-0.2, 0) is 25.1 Å². The molecule has 0 aliphatic rings. The summed E-state index contributed by atoms with van der Waals surface area (Å²) in [6.45, 7) is 3.03. The van der Waals surface area contributed by atoms with Gasteiger partial charge in [-0.1, -0.05) is 23.4 Å². The first-order chi connectivity index (χ1) is 13.8. The van der Waals surface area contributed by atoms with Crippen LogP contribution in [0.5, 0.6) is 0 Å². The largest absolute Gasteiger partial charge is 0.457 e. The maximum absolute atomic E-state index is 12.5.